The second-order valence-corrected chi connectivity index (χ2v) is 8.44. The lowest BCUT2D eigenvalue weighted by atomic mass is 10.1. The van der Waals surface area contributed by atoms with Crippen LogP contribution in [0.2, 0.25) is 0 Å². The summed E-state index contributed by atoms with van der Waals surface area (Å²) in [6, 6.07) is 12.2. The molecule has 1 aromatic carbocycles. The maximum absolute atomic E-state index is 12.2. The number of aromatic nitrogens is 1. The van der Waals surface area contributed by atoms with Gasteiger partial charge in [0.2, 0.25) is 5.91 Å². The van der Waals surface area contributed by atoms with Crippen molar-refractivity contribution in [2.45, 2.75) is 25.7 Å². The maximum Gasteiger partial charge on any atom is 0.274 e. The van der Waals surface area contributed by atoms with Gasteiger partial charge in [-0.3, -0.25) is 14.6 Å². The zero-order chi connectivity index (χ0) is 20.5. The molecule has 0 aliphatic carbocycles. The molecule has 0 bridgehead atoms. The summed E-state index contributed by atoms with van der Waals surface area (Å²) in [5.41, 5.74) is 1.57. The van der Waals surface area contributed by atoms with E-state index in [1.807, 2.05) is 0 Å². The first-order chi connectivity index (χ1) is 14.1. The van der Waals surface area contributed by atoms with Crippen molar-refractivity contribution in [3.63, 3.8) is 0 Å². The summed E-state index contributed by atoms with van der Waals surface area (Å²) in [4.78, 5) is 30.7. The number of rotatable bonds is 6. The van der Waals surface area contributed by atoms with E-state index in [-0.39, 0.29) is 11.8 Å². The fraction of sp³-hybridized carbons (Fsp3) is 0.333. The Bertz CT molecular complexity index is 855. The molecule has 2 heterocycles. The number of hydrogen-bond acceptors (Lipinski definition) is 5. The van der Waals surface area contributed by atoms with Gasteiger partial charge in [-0.1, -0.05) is 36.1 Å². The fourth-order valence-corrected chi connectivity index (χ4v) is 4.25. The third kappa shape index (κ3) is 6.83. The summed E-state index contributed by atoms with van der Waals surface area (Å²) >= 11 is 7.03. The smallest absolute Gasteiger partial charge is 0.274 e. The normalized spacial score (nSPS) is 13.6. The minimum Gasteiger partial charge on any atom is -0.358 e. The average Bonchev–Trinajstić information content (AvgIpc) is 2.75. The molecule has 0 spiro atoms. The number of pyridine rings is 1. The summed E-state index contributed by atoms with van der Waals surface area (Å²) in [6.07, 6.45) is 5.60. The molecule has 2 aromatic rings. The largest absolute Gasteiger partial charge is 0.358 e. The van der Waals surface area contributed by atoms with E-state index in [4.69, 9.17) is 12.2 Å². The molecule has 29 heavy (non-hydrogen) atoms. The van der Waals surface area contributed by atoms with E-state index in [1.54, 1.807) is 60.4 Å². The molecule has 1 aromatic heterocycles. The van der Waals surface area contributed by atoms with Gasteiger partial charge in [0.1, 0.15) is 10.0 Å². The SMILES string of the molecule is O=C(CCSC(=S)N1CCCCC1)Nc1cccc(NC(=O)c2ccccn2)c1. The van der Waals surface area contributed by atoms with Gasteiger partial charge < -0.3 is 15.5 Å². The van der Waals surface area contributed by atoms with Gasteiger partial charge in [0.25, 0.3) is 5.91 Å². The average molecular weight is 429 g/mol. The maximum atomic E-state index is 12.2. The highest BCUT2D eigenvalue weighted by Gasteiger charge is 2.14. The number of carbonyl (C=O) groups is 2. The topological polar surface area (TPSA) is 74.3 Å². The van der Waals surface area contributed by atoms with E-state index in [0.29, 0.717) is 29.2 Å². The van der Waals surface area contributed by atoms with Crippen LogP contribution in [-0.4, -0.2) is 44.9 Å². The number of thioether (sulfide) groups is 1. The Balaban J connectivity index is 1.45. The first-order valence-electron chi connectivity index (χ1n) is 9.66. The number of nitrogens with zero attached hydrogens (tertiary/aromatic N) is 2. The van der Waals surface area contributed by atoms with Crippen molar-refractivity contribution in [2.75, 3.05) is 29.5 Å². The van der Waals surface area contributed by atoms with E-state index in [2.05, 4.69) is 20.5 Å². The van der Waals surface area contributed by atoms with Crippen LogP contribution in [0.5, 0.6) is 0 Å². The van der Waals surface area contributed by atoms with Gasteiger partial charge >= 0.3 is 0 Å². The van der Waals surface area contributed by atoms with Crippen LogP contribution in [0.1, 0.15) is 36.2 Å². The summed E-state index contributed by atoms with van der Waals surface area (Å²) in [5.74, 6) is 0.279. The van der Waals surface area contributed by atoms with Crippen LogP contribution in [0.3, 0.4) is 0 Å². The summed E-state index contributed by atoms with van der Waals surface area (Å²) in [6.45, 7) is 2.05. The van der Waals surface area contributed by atoms with Gasteiger partial charge in [-0.15, -0.1) is 0 Å². The molecule has 3 rings (SSSR count). The van der Waals surface area contributed by atoms with Gasteiger partial charge in [-0.2, -0.15) is 0 Å². The molecule has 152 valence electrons. The van der Waals surface area contributed by atoms with Gasteiger partial charge in [-0.05, 0) is 49.6 Å². The number of nitrogens with one attached hydrogen (secondary N) is 2. The van der Waals surface area contributed by atoms with Crippen molar-refractivity contribution in [2.24, 2.45) is 0 Å². The lowest BCUT2D eigenvalue weighted by Crippen LogP contribution is -2.33. The number of thiocarbonyl (C=S) groups is 1. The summed E-state index contributed by atoms with van der Waals surface area (Å²) < 4.78 is 0.886. The molecule has 0 atom stereocenters. The van der Waals surface area contributed by atoms with Gasteiger partial charge in [-0.25, -0.2) is 0 Å². The molecular formula is C21H24N4O2S2. The van der Waals surface area contributed by atoms with E-state index in [1.165, 1.54) is 19.3 Å². The van der Waals surface area contributed by atoms with E-state index in [9.17, 15) is 9.59 Å². The number of carbonyl (C=O) groups excluding carboxylic acids is 2. The highest BCUT2D eigenvalue weighted by atomic mass is 32.2. The van der Waals surface area contributed by atoms with Crippen LogP contribution in [-0.2, 0) is 4.79 Å². The number of anilines is 2. The first kappa shape index (κ1) is 21.3. The molecule has 1 aliphatic rings. The summed E-state index contributed by atoms with van der Waals surface area (Å²) in [7, 11) is 0. The Hall–Kier alpha value is -2.45. The Morgan fingerprint density at radius 2 is 1.79 bits per heavy atom. The first-order valence-corrected chi connectivity index (χ1v) is 11.1. The Labute approximate surface area is 180 Å². The Kier molecular flexibility index (Phi) is 8.01. The Morgan fingerprint density at radius 3 is 2.52 bits per heavy atom. The third-order valence-electron chi connectivity index (χ3n) is 4.47. The number of benzene rings is 1. The fourth-order valence-electron chi connectivity index (χ4n) is 2.99. The van der Waals surface area contributed by atoms with Crippen LogP contribution in [0.4, 0.5) is 11.4 Å². The Morgan fingerprint density at radius 1 is 1.03 bits per heavy atom. The van der Waals surface area contributed by atoms with Gasteiger partial charge in [0.05, 0.1) is 0 Å². The summed E-state index contributed by atoms with van der Waals surface area (Å²) in [5, 5.41) is 5.66. The lowest BCUT2D eigenvalue weighted by Gasteiger charge is -2.28. The number of likely N-dealkylation sites (tertiary alicyclic amines) is 1. The van der Waals surface area contributed by atoms with E-state index in [0.717, 1.165) is 17.4 Å². The molecule has 6 nitrogen and oxygen atoms in total. The van der Waals surface area contributed by atoms with Gasteiger partial charge in [0, 0.05) is 42.8 Å². The molecule has 0 radical (unpaired) electrons. The molecule has 1 fully saturated rings. The number of hydrogen-bond donors (Lipinski definition) is 2. The van der Waals surface area contributed by atoms with Crippen LogP contribution in [0.25, 0.3) is 0 Å². The van der Waals surface area contributed by atoms with E-state index >= 15 is 0 Å². The van der Waals surface area contributed by atoms with Crippen molar-refractivity contribution < 1.29 is 9.59 Å². The zero-order valence-electron chi connectivity index (χ0n) is 16.1. The molecular weight excluding hydrogens is 404 g/mol. The van der Waals surface area contributed by atoms with Crippen molar-refractivity contribution in [3.8, 4) is 0 Å². The van der Waals surface area contributed by atoms with Crippen LogP contribution < -0.4 is 10.6 Å². The number of amides is 2. The highest BCUT2D eigenvalue weighted by molar-refractivity contribution is 8.22. The molecule has 1 aliphatic heterocycles. The standard InChI is InChI=1S/C21H24N4O2S2/c26-19(10-14-29-21(28)25-12-4-1-5-13-25)23-16-7-6-8-17(15-16)24-20(27)18-9-2-3-11-22-18/h2-3,6-9,11,15H,1,4-5,10,12-14H2,(H,23,26)(H,24,27). The molecule has 2 N–H and O–H groups in total. The molecule has 8 heteroatoms. The highest BCUT2D eigenvalue weighted by Crippen LogP contribution is 2.18. The van der Waals surface area contributed by atoms with E-state index < -0.39 is 0 Å². The van der Waals surface area contributed by atoms with Crippen molar-refractivity contribution in [1.82, 2.24) is 9.88 Å². The second-order valence-electron chi connectivity index (χ2n) is 6.71. The monoisotopic (exact) mass is 428 g/mol. The molecule has 0 saturated carbocycles. The van der Waals surface area contributed by atoms with Crippen molar-refractivity contribution in [1.29, 1.82) is 0 Å². The van der Waals surface area contributed by atoms with Gasteiger partial charge in [0.15, 0.2) is 0 Å². The van der Waals surface area contributed by atoms with Crippen LogP contribution in [0, 0.1) is 0 Å². The van der Waals surface area contributed by atoms with Crippen molar-refractivity contribution in [3.05, 3.63) is 54.4 Å². The van der Waals surface area contributed by atoms with Crippen LogP contribution in [0.15, 0.2) is 48.7 Å². The molecule has 2 amide bonds. The minimum absolute atomic E-state index is 0.0767. The molecule has 0 unspecified atom stereocenters. The lowest BCUT2D eigenvalue weighted by molar-refractivity contribution is -0.115. The predicted molar refractivity (Wildman–Crippen MR) is 122 cm³/mol. The number of piperidine rings is 1. The predicted octanol–water partition coefficient (Wildman–Crippen LogP) is 4.17. The second kappa shape index (κ2) is 10.9. The molecule has 1 saturated heterocycles. The minimum atomic E-state index is -0.295. The van der Waals surface area contributed by atoms with Crippen LogP contribution >= 0.6 is 24.0 Å². The zero-order valence-corrected chi connectivity index (χ0v) is 17.7. The quantitative estimate of drug-likeness (QED) is 0.673. The third-order valence-corrected chi connectivity index (χ3v) is 6.00. The van der Waals surface area contributed by atoms with Crippen molar-refractivity contribution >= 4 is 51.5 Å².